The minimum Gasteiger partial charge on any atom is -0.483 e. The molecule has 0 saturated heterocycles. The highest BCUT2D eigenvalue weighted by molar-refractivity contribution is 9.11. The zero-order valence-electron chi connectivity index (χ0n) is 12.6. The first-order chi connectivity index (χ1) is 12.0. The number of ether oxygens (including phenoxy) is 1. The molecule has 1 heterocycles. The van der Waals surface area contributed by atoms with Crippen LogP contribution in [0.2, 0.25) is 0 Å². The van der Waals surface area contributed by atoms with Crippen LogP contribution in [-0.4, -0.2) is 17.5 Å². The van der Waals surface area contributed by atoms with Crippen molar-refractivity contribution in [3.05, 3.63) is 61.3 Å². The van der Waals surface area contributed by atoms with Gasteiger partial charge < -0.3 is 4.74 Å². The number of aromatic nitrogens is 1. The molecule has 8 heteroatoms. The second-order valence-electron chi connectivity index (χ2n) is 4.96. The van der Waals surface area contributed by atoms with E-state index in [9.17, 15) is 4.79 Å². The number of hydrogen-bond donors (Lipinski definition) is 1. The zero-order chi connectivity index (χ0) is 17.8. The molecule has 1 aromatic heterocycles. The first-order valence-corrected chi connectivity index (χ1v) is 10.4. The molecule has 0 saturated carbocycles. The van der Waals surface area contributed by atoms with Crippen LogP contribution in [0.5, 0.6) is 5.75 Å². The molecule has 0 unspecified atom stereocenters. The van der Waals surface area contributed by atoms with Gasteiger partial charge in [-0.05, 0) is 46.3 Å². The van der Waals surface area contributed by atoms with Crippen molar-refractivity contribution in [3.8, 4) is 17.0 Å². The lowest BCUT2D eigenvalue weighted by atomic mass is 10.2. The van der Waals surface area contributed by atoms with E-state index in [1.165, 1.54) is 11.3 Å². The third-order valence-electron chi connectivity index (χ3n) is 3.14. The van der Waals surface area contributed by atoms with Gasteiger partial charge in [-0.1, -0.05) is 44.0 Å². The molecular formula is C17H11Br3N2O2S. The molecule has 0 bridgehead atoms. The third kappa shape index (κ3) is 5.13. The number of nitrogens with one attached hydrogen (secondary N) is 1. The van der Waals surface area contributed by atoms with E-state index in [0.29, 0.717) is 10.9 Å². The summed E-state index contributed by atoms with van der Waals surface area (Å²) in [5.41, 5.74) is 1.82. The van der Waals surface area contributed by atoms with Gasteiger partial charge in [-0.3, -0.25) is 10.1 Å². The summed E-state index contributed by atoms with van der Waals surface area (Å²) in [6, 6.07) is 13.4. The highest BCUT2D eigenvalue weighted by Gasteiger charge is 2.10. The van der Waals surface area contributed by atoms with E-state index in [2.05, 4.69) is 58.1 Å². The van der Waals surface area contributed by atoms with Crippen molar-refractivity contribution in [2.75, 3.05) is 11.9 Å². The third-order valence-corrected chi connectivity index (χ3v) is 5.54. The van der Waals surface area contributed by atoms with E-state index < -0.39 is 0 Å². The Morgan fingerprint density at radius 1 is 1.08 bits per heavy atom. The van der Waals surface area contributed by atoms with E-state index >= 15 is 0 Å². The molecule has 0 aliphatic rings. The molecule has 0 aliphatic heterocycles. The van der Waals surface area contributed by atoms with Crippen molar-refractivity contribution in [3.63, 3.8) is 0 Å². The number of amides is 1. The number of thiazole rings is 1. The maximum absolute atomic E-state index is 12.1. The Bertz CT molecular complexity index is 897. The minimum absolute atomic E-state index is 0.0899. The topological polar surface area (TPSA) is 51.2 Å². The van der Waals surface area contributed by atoms with Gasteiger partial charge in [0.25, 0.3) is 5.91 Å². The number of carbonyl (C=O) groups excluding carboxylic acids is 1. The van der Waals surface area contributed by atoms with Crippen molar-refractivity contribution < 1.29 is 9.53 Å². The molecule has 0 spiro atoms. The van der Waals surface area contributed by atoms with Crippen LogP contribution in [0.15, 0.2) is 61.3 Å². The smallest absolute Gasteiger partial charge is 0.264 e. The largest absolute Gasteiger partial charge is 0.483 e. The number of rotatable bonds is 5. The van der Waals surface area contributed by atoms with Gasteiger partial charge >= 0.3 is 0 Å². The summed E-state index contributed by atoms with van der Waals surface area (Å²) >= 11 is 11.6. The summed E-state index contributed by atoms with van der Waals surface area (Å²) in [5.74, 6) is 0.347. The SMILES string of the molecule is O=C(COc1ccc(Br)cc1Br)Nc1nc(-c2ccc(Br)cc2)cs1. The van der Waals surface area contributed by atoms with E-state index in [1.54, 1.807) is 6.07 Å². The fourth-order valence-electron chi connectivity index (χ4n) is 1.98. The van der Waals surface area contributed by atoms with Gasteiger partial charge in [0, 0.05) is 19.9 Å². The number of carbonyl (C=O) groups is 1. The average Bonchev–Trinajstić information content (AvgIpc) is 3.03. The molecule has 0 radical (unpaired) electrons. The summed E-state index contributed by atoms with van der Waals surface area (Å²) in [7, 11) is 0. The van der Waals surface area contributed by atoms with Gasteiger partial charge in [0.2, 0.25) is 0 Å². The highest BCUT2D eigenvalue weighted by Crippen LogP contribution is 2.28. The lowest BCUT2D eigenvalue weighted by molar-refractivity contribution is -0.118. The molecule has 4 nitrogen and oxygen atoms in total. The number of nitrogens with zero attached hydrogens (tertiary/aromatic N) is 1. The Morgan fingerprint density at radius 3 is 2.52 bits per heavy atom. The van der Waals surface area contributed by atoms with Crippen LogP contribution in [-0.2, 0) is 4.79 Å². The Labute approximate surface area is 174 Å². The molecule has 1 amide bonds. The lowest BCUT2D eigenvalue weighted by Gasteiger charge is -2.08. The van der Waals surface area contributed by atoms with Crippen molar-refractivity contribution in [1.29, 1.82) is 0 Å². The normalized spacial score (nSPS) is 10.5. The number of halogens is 3. The summed E-state index contributed by atoms with van der Waals surface area (Å²) in [4.78, 5) is 16.5. The van der Waals surface area contributed by atoms with Gasteiger partial charge in [-0.2, -0.15) is 0 Å². The van der Waals surface area contributed by atoms with Crippen molar-refractivity contribution in [1.82, 2.24) is 4.98 Å². The van der Waals surface area contributed by atoms with Crippen LogP contribution < -0.4 is 10.1 Å². The summed E-state index contributed by atoms with van der Waals surface area (Å²) < 4.78 is 8.24. The maximum atomic E-state index is 12.1. The van der Waals surface area contributed by atoms with Crippen molar-refractivity contribution >= 4 is 70.2 Å². The molecule has 0 fully saturated rings. The summed E-state index contributed by atoms with van der Waals surface area (Å²) in [6.45, 7) is -0.0899. The van der Waals surface area contributed by atoms with Crippen LogP contribution in [0.25, 0.3) is 11.3 Å². The Balaban J connectivity index is 1.59. The van der Waals surface area contributed by atoms with E-state index in [4.69, 9.17) is 4.74 Å². The highest BCUT2D eigenvalue weighted by atomic mass is 79.9. The van der Waals surface area contributed by atoms with Crippen LogP contribution in [0.3, 0.4) is 0 Å². The summed E-state index contributed by atoms with van der Waals surface area (Å²) in [6.07, 6.45) is 0. The first kappa shape index (κ1) is 18.6. The number of anilines is 1. The van der Waals surface area contributed by atoms with Gasteiger partial charge in [-0.15, -0.1) is 11.3 Å². The second kappa shape index (κ2) is 8.44. The minimum atomic E-state index is -0.258. The zero-order valence-corrected chi connectivity index (χ0v) is 18.2. The predicted octanol–water partition coefficient (Wildman–Crippen LogP) is 6.12. The van der Waals surface area contributed by atoms with Crippen LogP contribution >= 0.6 is 59.1 Å². The number of hydrogen-bond acceptors (Lipinski definition) is 4. The van der Waals surface area contributed by atoms with Gasteiger partial charge in [0.15, 0.2) is 11.7 Å². The standard InChI is InChI=1S/C17H11Br3N2O2S/c18-11-3-1-10(2-4-11)14-9-25-17(21-14)22-16(23)8-24-15-6-5-12(19)7-13(15)20/h1-7,9H,8H2,(H,21,22,23). The predicted molar refractivity (Wildman–Crippen MR) is 111 cm³/mol. The molecule has 25 heavy (non-hydrogen) atoms. The Hall–Kier alpha value is -1.22. The molecule has 1 N–H and O–H groups in total. The average molecular weight is 547 g/mol. The van der Waals surface area contributed by atoms with Gasteiger partial charge in [0.05, 0.1) is 10.2 Å². The molecular weight excluding hydrogens is 536 g/mol. The fourth-order valence-corrected chi connectivity index (χ4v) is 4.14. The molecule has 3 rings (SSSR count). The van der Waals surface area contributed by atoms with Crippen LogP contribution in [0.1, 0.15) is 0 Å². The Morgan fingerprint density at radius 2 is 1.80 bits per heavy atom. The van der Waals surface area contributed by atoms with Crippen molar-refractivity contribution in [2.45, 2.75) is 0 Å². The monoisotopic (exact) mass is 544 g/mol. The van der Waals surface area contributed by atoms with E-state index in [-0.39, 0.29) is 12.5 Å². The van der Waals surface area contributed by atoms with Gasteiger partial charge in [0.1, 0.15) is 5.75 Å². The van der Waals surface area contributed by atoms with E-state index in [0.717, 1.165) is 24.7 Å². The van der Waals surface area contributed by atoms with Crippen molar-refractivity contribution in [2.24, 2.45) is 0 Å². The Kier molecular flexibility index (Phi) is 6.27. The lowest BCUT2D eigenvalue weighted by Crippen LogP contribution is -2.20. The second-order valence-corrected chi connectivity index (χ2v) is 8.50. The van der Waals surface area contributed by atoms with Crippen LogP contribution in [0, 0.1) is 0 Å². The molecule has 0 atom stereocenters. The molecule has 0 aliphatic carbocycles. The van der Waals surface area contributed by atoms with Gasteiger partial charge in [-0.25, -0.2) is 4.98 Å². The first-order valence-electron chi connectivity index (χ1n) is 7.10. The van der Waals surface area contributed by atoms with E-state index in [1.807, 2.05) is 41.8 Å². The molecule has 2 aromatic carbocycles. The quantitative estimate of drug-likeness (QED) is 0.420. The molecule has 128 valence electrons. The number of benzene rings is 2. The van der Waals surface area contributed by atoms with Crippen LogP contribution in [0.4, 0.5) is 5.13 Å². The fraction of sp³-hybridized carbons (Fsp3) is 0.0588. The maximum Gasteiger partial charge on any atom is 0.264 e. The summed E-state index contributed by atoms with van der Waals surface area (Å²) in [5, 5.41) is 5.20. The molecule has 3 aromatic rings.